The zero-order chi connectivity index (χ0) is 21.0. The van der Waals surface area contributed by atoms with Gasteiger partial charge in [0.25, 0.3) is 0 Å². The number of esters is 1. The van der Waals surface area contributed by atoms with Crippen molar-refractivity contribution in [3.05, 3.63) is 35.9 Å². The lowest BCUT2D eigenvalue weighted by molar-refractivity contribution is -0.194. The fraction of sp³-hybridized carbons (Fsp3) is 0.636. The van der Waals surface area contributed by atoms with Crippen LogP contribution >= 0.6 is 0 Å². The summed E-state index contributed by atoms with van der Waals surface area (Å²) in [6.45, 7) is 6.98. The van der Waals surface area contributed by atoms with Crippen LogP contribution in [0.2, 0.25) is 0 Å². The summed E-state index contributed by atoms with van der Waals surface area (Å²) in [4.78, 5) is 32.5. The smallest absolute Gasteiger partial charge is 0.308 e. The number of ether oxygens (including phenoxy) is 1. The Morgan fingerprint density at radius 2 is 1.61 bits per heavy atom. The van der Waals surface area contributed by atoms with Gasteiger partial charge in [0.15, 0.2) is 0 Å². The summed E-state index contributed by atoms with van der Waals surface area (Å²) >= 11 is 0. The van der Waals surface area contributed by atoms with Crippen LogP contribution in [0.25, 0.3) is 0 Å². The molecule has 1 rings (SSSR count). The fourth-order valence-electron chi connectivity index (χ4n) is 2.58. The summed E-state index contributed by atoms with van der Waals surface area (Å²) in [5.41, 5.74) is 0.437. The van der Waals surface area contributed by atoms with Crippen molar-refractivity contribution < 1.29 is 19.2 Å². The van der Waals surface area contributed by atoms with Crippen LogP contribution in [0.1, 0.15) is 58.4 Å². The number of hydrogen-bond acceptors (Lipinski definition) is 5. The monoisotopic (exact) mass is 392 g/mol. The molecule has 158 valence electrons. The molecule has 1 amide bonds. The predicted octanol–water partition coefficient (Wildman–Crippen LogP) is 3.80. The molecule has 0 bridgehead atoms. The van der Waals surface area contributed by atoms with Gasteiger partial charge in [-0.1, -0.05) is 36.8 Å². The molecule has 0 aromatic heterocycles. The van der Waals surface area contributed by atoms with Crippen molar-refractivity contribution >= 4 is 11.9 Å². The number of amides is 1. The molecule has 0 fully saturated rings. The molecule has 0 aliphatic carbocycles. The van der Waals surface area contributed by atoms with E-state index in [1.165, 1.54) is 5.06 Å². The summed E-state index contributed by atoms with van der Waals surface area (Å²) in [7, 11) is 4.09. The van der Waals surface area contributed by atoms with Crippen LogP contribution in [-0.2, 0) is 25.8 Å². The van der Waals surface area contributed by atoms with Crippen molar-refractivity contribution in [3.63, 3.8) is 0 Å². The predicted molar refractivity (Wildman–Crippen MR) is 110 cm³/mol. The first-order valence-corrected chi connectivity index (χ1v) is 10.0. The van der Waals surface area contributed by atoms with E-state index < -0.39 is 5.60 Å². The van der Waals surface area contributed by atoms with E-state index in [1.54, 1.807) is 0 Å². The van der Waals surface area contributed by atoms with E-state index in [1.807, 2.05) is 65.2 Å². The highest BCUT2D eigenvalue weighted by Crippen LogP contribution is 2.11. The Bertz CT molecular complexity index is 582. The van der Waals surface area contributed by atoms with Crippen molar-refractivity contribution in [2.45, 2.75) is 65.1 Å². The van der Waals surface area contributed by atoms with E-state index in [-0.39, 0.29) is 24.8 Å². The highest BCUT2D eigenvalue weighted by atomic mass is 16.7. The molecule has 0 aliphatic rings. The lowest BCUT2D eigenvalue weighted by Gasteiger charge is -2.24. The third-order valence-corrected chi connectivity index (χ3v) is 3.94. The van der Waals surface area contributed by atoms with Crippen LogP contribution in [0.15, 0.2) is 30.3 Å². The first-order valence-electron chi connectivity index (χ1n) is 10.0. The van der Waals surface area contributed by atoms with Crippen molar-refractivity contribution in [1.29, 1.82) is 0 Å². The molecule has 0 aliphatic heterocycles. The zero-order valence-corrected chi connectivity index (χ0v) is 18.1. The fourth-order valence-corrected chi connectivity index (χ4v) is 2.58. The van der Waals surface area contributed by atoms with Crippen LogP contribution in [0.3, 0.4) is 0 Å². The van der Waals surface area contributed by atoms with E-state index in [2.05, 4.69) is 4.90 Å². The largest absolute Gasteiger partial charge is 0.460 e. The van der Waals surface area contributed by atoms with Gasteiger partial charge in [0, 0.05) is 6.42 Å². The van der Waals surface area contributed by atoms with E-state index in [9.17, 15) is 9.59 Å². The second kappa shape index (κ2) is 12.5. The average Bonchev–Trinajstić information content (AvgIpc) is 2.60. The Kier molecular flexibility index (Phi) is 10.8. The van der Waals surface area contributed by atoms with E-state index >= 15 is 0 Å². The number of unbranched alkanes of at least 4 members (excludes halogenated alkanes) is 2. The van der Waals surface area contributed by atoms with Crippen molar-refractivity contribution in [2.24, 2.45) is 0 Å². The minimum absolute atomic E-state index is 0.0932. The van der Waals surface area contributed by atoms with Gasteiger partial charge in [0.2, 0.25) is 5.91 Å². The number of carbonyl (C=O) groups excluding carboxylic acids is 2. The normalized spacial score (nSPS) is 11.5. The maximum atomic E-state index is 12.6. The van der Waals surface area contributed by atoms with Gasteiger partial charge in [-0.25, -0.2) is 5.06 Å². The van der Waals surface area contributed by atoms with Crippen LogP contribution in [0.4, 0.5) is 0 Å². The maximum Gasteiger partial charge on any atom is 0.308 e. The van der Waals surface area contributed by atoms with Crippen LogP contribution < -0.4 is 0 Å². The van der Waals surface area contributed by atoms with Crippen molar-refractivity contribution in [1.82, 2.24) is 9.96 Å². The lowest BCUT2D eigenvalue weighted by Crippen LogP contribution is -2.34. The average molecular weight is 393 g/mol. The molecule has 0 heterocycles. The highest BCUT2D eigenvalue weighted by Gasteiger charge is 2.20. The summed E-state index contributed by atoms with van der Waals surface area (Å²) in [5, 5.41) is 1.32. The molecule has 6 heteroatoms. The molecule has 0 radical (unpaired) electrons. The first-order chi connectivity index (χ1) is 13.2. The van der Waals surface area contributed by atoms with Gasteiger partial charge in [-0.2, -0.15) is 0 Å². The van der Waals surface area contributed by atoms with Gasteiger partial charge in [0.05, 0.1) is 13.0 Å². The van der Waals surface area contributed by atoms with E-state index in [0.717, 1.165) is 31.4 Å². The molecule has 0 saturated carbocycles. The molecule has 28 heavy (non-hydrogen) atoms. The summed E-state index contributed by atoms with van der Waals surface area (Å²) in [5.74, 6) is -0.427. The quantitative estimate of drug-likeness (QED) is 0.308. The summed E-state index contributed by atoms with van der Waals surface area (Å²) in [6, 6.07) is 9.67. The molecule has 0 N–H and O–H groups in total. The molecular formula is C22H36N2O4. The molecule has 1 aromatic carbocycles. The van der Waals surface area contributed by atoms with Gasteiger partial charge in [-0.15, -0.1) is 0 Å². The second-order valence-corrected chi connectivity index (χ2v) is 8.21. The van der Waals surface area contributed by atoms with Gasteiger partial charge in [-0.05, 0) is 59.8 Å². The molecule has 0 spiro atoms. The van der Waals surface area contributed by atoms with Crippen molar-refractivity contribution in [2.75, 3.05) is 27.2 Å². The Balaban J connectivity index is 2.53. The number of hydrogen-bond donors (Lipinski definition) is 0. The zero-order valence-electron chi connectivity index (χ0n) is 18.1. The Labute approximate surface area is 169 Å². The number of rotatable bonds is 12. The third kappa shape index (κ3) is 11.7. The maximum absolute atomic E-state index is 12.6. The van der Waals surface area contributed by atoms with E-state index in [4.69, 9.17) is 9.57 Å². The Hall–Kier alpha value is -1.92. The number of benzene rings is 1. The van der Waals surface area contributed by atoms with Gasteiger partial charge in [0.1, 0.15) is 12.2 Å². The van der Waals surface area contributed by atoms with Gasteiger partial charge < -0.3 is 9.64 Å². The Morgan fingerprint density at radius 1 is 0.929 bits per heavy atom. The van der Waals surface area contributed by atoms with Crippen LogP contribution in [-0.4, -0.2) is 54.6 Å². The van der Waals surface area contributed by atoms with Gasteiger partial charge >= 0.3 is 5.97 Å². The second-order valence-electron chi connectivity index (χ2n) is 8.21. The highest BCUT2D eigenvalue weighted by molar-refractivity contribution is 5.76. The molecular weight excluding hydrogens is 356 g/mol. The van der Waals surface area contributed by atoms with E-state index in [0.29, 0.717) is 13.0 Å². The molecule has 0 saturated heterocycles. The Morgan fingerprint density at radius 3 is 2.21 bits per heavy atom. The number of nitrogens with zero attached hydrogens (tertiary/aromatic N) is 2. The topological polar surface area (TPSA) is 59.1 Å². The summed E-state index contributed by atoms with van der Waals surface area (Å²) < 4.78 is 5.33. The van der Waals surface area contributed by atoms with Gasteiger partial charge in [-0.3, -0.25) is 14.4 Å². The molecule has 1 aromatic rings. The first kappa shape index (κ1) is 24.1. The lowest BCUT2D eigenvalue weighted by atomic mass is 10.2. The van der Waals surface area contributed by atoms with Crippen molar-refractivity contribution in [3.8, 4) is 0 Å². The number of hydroxylamine groups is 2. The molecule has 6 nitrogen and oxygen atoms in total. The van der Waals surface area contributed by atoms with Crippen LogP contribution in [0, 0.1) is 0 Å². The third-order valence-electron chi connectivity index (χ3n) is 3.94. The SMILES string of the molecule is CN(C)CCCCCC(=O)N(CCC(=O)OC(C)(C)C)OCc1ccccc1. The molecule has 0 atom stereocenters. The number of carbonyl (C=O) groups is 2. The minimum Gasteiger partial charge on any atom is -0.460 e. The minimum atomic E-state index is -0.538. The molecule has 0 unspecified atom stereocenters. The summed E-state index contributed by atoms with van der Waals surface area (Å²) in [6.07, 6.45) is 3.38. The standard InChI is InChI=1S/C22H36N2O4/c1-22(2,3)28-21(26)15-17-24(27-18-19-12-8-6-9-13-19)20(25)14-10-7-11-16-23(4)5/h6,8-9,12-13H,7,10-11,14-18H2,1-5H3. The van der Waals surface area contributed by atoms with Crippen LogP contribution in [0.5, 0.6) is 0 Å².